The fourth-order valence-corrected chi connectivity index (χ4v) is 2.68. The molecular formula is C15H21NO3. The average molecular weight is 263 g/mol. The molecule has 3 unspecified atom stereocenters. The predicted octanol–water partition coefficient (Wildman–Crippen LogP) is 1.30. The highest BCUT2D eigenvalue weighted by atomic mass is 16.4. The molecule has 1 saturated heterocycles. The number of carboxylic acid groups (broad SMARTS) is 1. The SMILES string of the molecule is Cc1ccc(CC2CC(O)C(C(=O)O)CN2C)cc1. The zero-order valence-electron chi connectivity index (χ0n) is 11.4. The van der Waals surface area contributed by atoms with Gasteiger partial charge >= 0.3 is 5.97 Å². The van der Waals surface area contributed by atoms with Crippen molar-refractivity contribution < 1.29 is 15.0 Å². The lowest BCUT2D eigenvalue weighted by molar-refractivity contribution is -0.149. The number of nitrogens with zero attached hydrogens (tertiary/aromatic N) is 1. The molecule has 0 radical (unpaired) electrons. The molecule has 3 atom stereocenters. The topological polar surface area (TPSA) is 60.8 Å². The Balaban J connectivity index is 2.02. The molecule has 0 aliphatic carbocycles. The van der Waals surface area contributed by atoms with Crippen molar-refractivity contribution in [2.24, 2.45) is 5.92 Å². The maximum absolute atomic E-state index is 11.0. The molecule has 2 N–H and O–H groups in total. The molecule has 0 saturated carbocycles. The van der Waals surface area contributed by atoms with Crippen LogP contribution in [0.5, 0.6) is 0 Å². The number of aliphatic carboxylic acids is 1. The van der Waals surface area contributed by atoms with E-state index in [1.807, 2.05) is 11.9 Å². The number of likely N-dealkylation sites (tertiary alicyclic amines) is 1. The fraction of sp³-hybridized carbons (Fsp3) is 0.533. The Hall–Kier alpha value is -1.39. The summed E-state index contributed by atoms with van der Waals surface area (Å²) >= 11 is 0. The van der Waals surface area contributed by atoms with Gasteiger partial charge in [-0.1, -0.05) is 29.8 Å². The van der Waals surface area contributed by atoms with Crippen LogP contribution in [0.25, 0.3) is 0 Å². The van der Waals surface area contributed by atoms with Gasteiger partial charge in [0.25, 0.3) is 0 Å². The smallest absolute Gasteiger partial charge is 0.310 e. The molecule has 19 heavy (non-hydrogen) atoms. The fourth-order valence-electron chi connectivity index (χ4n) is 2.68. The highest BCUT2D eigenvalue weighted by Crippen LogP contribution is 2.24. The van der Waals surface area contributed by atoms with Crippen molar-refractivity contribution in [1.82, 2.24) is 4.90 Å². The van der Waals surface area contributed by atoms with Crippen LogP contribution in [0, 0.1) is 12.8 Å². The minimum absolute atomic E-state index is 0.202. The number of likely N-dealkylation sites (N-methyl/N-ethyl adjacent to an activating group) is 1. The monoisotopic (exact) mass is 263 g/mol. The van der Waals surface area contributed by atoms with Gasteiger partial charge < -0.3 is 15.1 Å². The number of hydrogen-bond donors (Lipinski definition) is 2. The van der Waals surface area contributed by atoms with Crippen molar-refractivity contribution in [3.8, 4) is 0 Å². The van der Waals surface area contributed by atoms with Crippen LogP contribution in [0.1, 0.15) is 17.5 Å². The van der Waals surface area contributed by atoms with Crippen molar-refractivity contribution in [2.45, 2.75) is 31.9 Å². The number of aliphatic hydroxyl groups excluding tert-OH is 1. The van der Waals surface area contributed by atoms with Gasteiger partial charge in [0.1, 0.15) is 0 Å². The molecule has 2 rings (SSSR count). The maximum atomic E-state index is 11.0. The molecule has 1 aromatic carbocycles. The lowest BCUT2D eigenvalue weighted by Crippen LogP contribution is -2.50. The summed E-state index contributed by atoms with van der Waals surface area (Å²) < 4.78 is 0. The molecule has 4 heteroatoms. The van der Waals surface area contributed by atoms with Crippen LogP contribution < -0.4 is 0 Å². The highest BCUT2D eigenvalue weighted by Gasteiger charge is 2.36. The van der Waals surface area contributed by atoms with E-state index >= 15 is 0 Å². The minimum atomic E-state index is -0.909. The van der Waals surface area contributed by atoms with E-state index < -0.39 is 18.0 Å². The number of benzene rings is 1. The van der Waals surface area contributed by atoms with Crippen LogP contribution in [0.4, 0.5) is 0 Å². The highest BCUT2D eigenvalue weighted by molar-refractivity contribution is 5.71. The molecule has 1 fully saturated rings. The molecule has 0 spiro atoms. The summed E-state index contributed by atoms with van der Waals surface area (Å²) in [6.07, 6.45) is 0.616. The van der Waals surface area contributed by atoms with Gasteiger partial charge in [0.05, 0.1) is 12.0 Å². The van der Waals surface area contributed by atoms with Crippen LogP contribution in [-0.4, -0.2) is 46.8 Å². The van der Waals surface area contributed by atoms with Gasteiger partial charge in [-0.3, -0.25) is 4.79 Å². The first kappa shape index (κ1) is 14.0. The summed E-state index contributed by atoms with van der Waals surface area (Å²) in [6, 6.07) is 8.55. The third-order valence-electron chi connectivity index (χ3n) is 4.00. The number of aryl methyl sites for hydroxylation is 1. The number of carboxylic acids is 1. The van der Waals surface area contributed by atoms with Gasteiger partial charge in [-0.2, -0.15) is 0 Å². The Labute approximate surface area is 113 Å². The first-order valence-electron chi connectivity index (χ1n) is 6.64. The average Bonchev–Trinajstić information content (AvgIpc) is 2.35. The Morgan fingerprint density at radius 3 is 2.58 bits per heavy atom. The number of aliphatic hydroxyl groups is 1. The van der Waals surface area contributed by atoms with Crippen molar-refractivity contribution in [1.29, 1.82) is 0 Å². The second-order valence-electron chi connectivity index (χ2n) is 5.53. The maximum Gasteiger partial charge on any atom is 0.310 e. The Morgan fingerprint density at radius 2 is 2.00 bits per heavy atom. The van der Waals surface area contributed by atoms with Gasteiger partial charge in [-0.15, -0.1) is 0 Å². The molecule has 0 aromatic heterocycles. The van der Waals surface area contributed by atoms with Crippen LogP contribution >= 0.6 is 0 Å². The van der Waals surface area contributed by atoms with E-state index in [0.717, 1.165) is 6.42 Å². The molecular weight excluding hydrogens is 242 g/mol. The second kappa shape index (κ2) is 5.72. The molecule has 1 heterocycles. The molecule has 1 aliphatic heterocycles. The molecule has 0 bridgehead atoms. The largest absolute Gasteiger partial charge is 0.481 e. The summed E-state index contributed by atoms with van der Waals surface area (Å²) in [5.74, 6) is -1.58. The molecule has 1 aliphatic rings. The summed E-state index contributed by atoms with van der Waals surface area (Å²) in [6.45, 7) is 2.46. The normalized spacial score (nSPS) is 28.3. The van der Waals surface area contributed by atoms with Crippen LogP contribution in [0.15, 0.2) is 24.3 Å². The third-order valence-corrected chi connectivity index (χ3v) is 4.00. The Morgan fingerprint density at radius 1 is 1.37 bits per heavy atom. The Kier molecular flexibility index (Phi) is 4.22. The lowest BCUT2D eigenvalue weighted by Gasteiger charge is -2.38. The summed E-state index contributed by atoms with van der Waals surface area (Å²) in [5.41, 5.74) is 2.45. The molecule has 0 amide bonds. The van der Waals surface area contributed by atoms with Crippen LogP contribution in [0.2, 0.25) is 0 Å². The van der Waals surface area contributed by atoms with Gasteiger partial charge in [-0.05, 0) is 32.4 Å². The second-order valence-corrected chi connectivity index (χ2v) is 5.53. The van der Waals surface area contributed by atoms with E-state index in [1.54, 1.807) is 0 Å². The van der Waals surface area contributed by atoms with E-state index in [2.05, 4.69) is 31.2 Å². The molecule has 4 nitrogen and oxygen atoms in total. The van der Waals surface area contributed by atoms with Crippen molar-refractivity contribution in [3.05, 3.63) is 35.4 Å². The van der Waals surface area contributed by atoms with E-state index in [1.165, 1.54) is 11.1 Å². The first-order valence-corrected chi connectivity index (χ1v) is 6.64. The molecule has 1 aromatic rings. The first-order chi connectivity index (χ1) is 8.97. The van der Waals surface area contributed by atoms with Crippen molar-refractivity contribution in [3.63, 3.8) is 0 Å². The zero-order chi connectivity index (χ0) is 14.0. The number of carbonyl (C=O) groups is 1. The number of piperidine rings is 1. The van der Waals surface area contributed by atoms with Crippen LogP contribution in [-0.2, 0) is 11.2 Å². The Bertz CT molecular complexity index is 443. The molecule has 104 valence electrons. The van der Waals surface area contributed by atoms with Crippen molar-refractivity contribution in [2.75, 3.05) is 13.6 Å². The van der Waals surface area contributed by atoms with E-state index in [0.29, 0.717) is 13.0 Å². The van der Waals surface area contributed by atoms with Gasteiger partial charge in [0.15, 0.2) is 0 Å². The quantitative estimate of drug-likeness (QED) is 0.863. The third kappa shape index (κ3) is 3.33. The summed E-state index contributed by atoms with van der Waals surface area (Å²) in [7, 11) is 1.93. The summed E-state index contributed by atoms with van der Waals surface area (Å²) in [4.78, 5) is 13.1. The van der Waals surface area contributed by atoms with E-state index in [4.69, 9.17) is 5.11 Å². The van der Waals surface area contributed by atoms with E-state index in [9.17, 15) is 9.90 Å². The van der Waals surface area contributed by atoms with Gasteiger partial charge in [0, 0.05) is 12.6 Å². The van der Waals surface area contributed by atoms with Crippen molar-refractivity contribution >= 4 is 5.97 Å². The standard InChI is InChI=1S/C15H21NO3/c1-10-3-5-11(6-4-10)7-12-8-14(17)13(15(18)19)9-16(12)2/h3-6,12-14,17H,7-9H2,1-2H3,(H,18,19). The van der Waals surface area contributed by atoms with Gasteiger partial charge in [-0.25, -0.2) is 0 Å². The lowest BCUT2D eigenvalue weighted by atomic mass is 9.87. The summed E-state index contributed by atoms with van der Waals surface area (Å²) in [5, 5.41) is 19.0. The van der Waals surface area contributed by atoms with Crippen LogP contribution in [0.3, 0.4) is 0 Å². The van der Waals surface area contributed by atoms with E-state index in [-0.39, 0.29) is 6.04 Å². The van der Waals surface area contributed by atoms with Gasteiger partial charge in [0.2, 0.25) is 0 Å². The predicted molar refractivity (Wildman–Crippen MR) is 73.1 cm³/mol. The number of rotatable bonds is 3. The number of hydrogen-bond acceptors (Lipinski definition) is 3. The zero-order valence-corrected chi connectivity index (χ0v) is 11.4. The minimum Gasteiger partial charge on any atom is -0.481 e.